The van der Waals surface area contributed by atoms with E-state index in [0.717, 1.165) is 31.2 Å². The Morgan fingerprint density at radius 1 is 1.28 bits per heavy atom. The topological polar surface area (TPSA) is 38.8 Å². The quantitative estimate of drug-likeness (QED) is 0.695. The lowest BCUT2D eigenvalue weighted by atomic mass is 9.72. The molecule has 4 nitrogen and oxygen atoms in total. The van der Waals surface area contributed by atoms with Crippen molar-refractivity contribution in [2.75, 3.05) is 6.61 Å². The summed E-state index contributed by atoms with van der Waals surface area (Å²) in [5.74, 6) is 0.0907. The van der Waals surface area contributed by atoms with Crippen LogP contribution >= 0.6 is 0 Å². The van der Waals surface area contributed by atoms with Crippen LogP contribution in [0.2, 0.25) is 0 Å². The normalized spacial score (nSPS) is 28.5. The molecule has 2 aliphatic heterocycles. The summed E-state index contributed by atoms with van der Waals surface area (Å²) in [6.07, 6.45) is 3.73. The molecular weight excluding hydrogens is 328 g/mol. The number of esters is 1. The molecular formula is C19H25F2NO3. The van der Waals surface area contributed by atoms with Crippen molar-refractivity contribution in [3.63, 3.8) is 0 Å². The van der Waals surface area contributed by atoms with E-state index in [4.69, 9.17) is 4.74 Å². The second-order valence-corrected chi connectivity index (χ2v) is 6.88. The van der Waals surface area contributed by atoms with Gasteiger partial charge in [-0.25, -0.2) is 0 Å². The fourth-order valence-corrected chi connectivity index (χ4v) is 4.55. The van der Waals surface area contributed by atoms with Gasteiger partial charge in [-0.1, -0.05) is 19.1 Å². The number of ether oxygens (including phenoxy) is 2. The number of carbonyl (C=O) groups excluding carboxylic acids is 1. The number of fused-ring (bicyclic) bond motifs is 2. The van der Waals surface area contributed by atoms with Crippen LogP contribution in [0.15, 0.2) is 24.3 Å². The summed E-state index contributed by atoms with van der Waals surface area (Å²) >= 11 is 0. The van der Waals surface area contributed by atoms with Gasteiger partial charge < -0.3 is 9.47 Å². The van der Waals surface area contributed by atoms with Gasteiger partial charge in [-0.3, -0.25) is 9.69 Å². The second-order valence-electron chi connectivity index (χ2n) is 6.88. The largest absolute Gasteiger partial charge is 0.466 e. The fraction of sp³-hybridized carbons (Fsp3) is 0.632. The number of halogens is 2. The van der Waals surface area contributed by atoms with Crippen LogP contribution in [-0.4, -0.2) is 36.2 Å². The molecule has 0 aromatic heterocycles. The van der Waals surface area contributed by atoms with Gasteiger partial charge in [-0.2, -0.15) is 8.78 Å². The molecule has 0 amide bonds. The van der Waals surface area contributed by atoms with Crippen LogP contribution in [-0.2, 0) is 16.1 Å². The molecule has 6 heteroatoms. The molecule has 0 N–H and O–H groups in total. The molecule has 0 spiro atoms. The molecule has 3 rings (SSSR count). The maximum atomic E-state index is 12.6. The highest BCUT2D eigenvalue weighted by molar-refractivity contribution is 5.78. The predicted molar refractivity (Wildman–Crippen MR) is 89.4 cm³/mol. The summed E-state index contributed by atoms with van der Waals surface area (Å²) in [4.78, 5) is 15.0. The zero-order chi connectivity index (χ0) is 18.0. The number of nitrogens with zero attached hydrogens (tertiary/aromatic N) is 1. The van der Waals surface area contributed by atoms with Crippen LogP contribution in [0.1, 0.15) is 45.1 Å². The van der Waals surface area contributed by atoms with E-state index in [1.54, 1.807) is 12.1 Å². The Bertz CT molecular complexity index is 607. The molecule has 2 heterocycles. The summed E-state index contributed by atoms with van der Waals surface area (Å²) in [5.41, 5.74) is 0.631. The molecule has 1 aromatic rings. The van der Waals surface area contributed by atoms with Crippen LogP contribution < -0.4 is 4.74 Å². The monoisotopic (exact) mass is 353 g/mol. The molecule has 0 aliphatic carbocycles. The Hall–Kier alpha value is -1.69. The molecule has 0 radical (unpaired) electrons. The van der Waals surface area contributed by atoms with Crippen molar-refractivity contribution >= 4 is 5.97 Å². The van der Waals surface area contributed by atoms with Crippen molar-refractivity contribution in [3.8, 4) is 5.75 Å². The minimum atomic E-state index is -2.81. The smallest absolute Gasteiger partial charge is 0.387 e. The highest BCUT2D eigenvalue weighted by atomic mass is 19.3. The van der Waals surface area contributed by atoms with Crippen LogP contribution in [0.4, 0.5) is 8.78 Å². The standard InChI is InChI=1S/C19H25F2NO3/c1-3-19(17(23)24-4-2)11-14-7-10-16(19)22(14)12-13-5-8-15(9-6-13)25-18(20)21/h5-6,8-9,14,16,18H,3-4,7,10-12H2,1-2H3/t14-,16+,19+/m0/s1. The first-order valence-corrected chi connectivity index (χ1v) is 8.97. The first-order chi connectivity index (χ1) is 12.0. The Morgan fingerprint density at radius 3 is 2.60 bits per heavy atom. The Kier molecular flexibility index (Phi) is 5.27. The predicted octanol–water partition coefficient (Wildman–Crippen LogP) is 3.98. The Labute approximate surface area is 147 Å². The van der Waals surface area contributed by atoms with Gasteiger partial charge >= 0.3 is 12.6 Å². The molecule has 2 saturated heterocycles. The molecule has 25 heavy (non-hydrogen) atoms. The molecule has 1 aromatic carbocycles. The van der Waals surface area contributed by atoms with E-state index in [9.17, 15) is 13.6 Å². The van der Waals surface area contributed by atoms with E-state index in [0.29, 0.717) is 19.2 Å². The summed E-state index contributed by atoms with van der Waals surface area (Å²) < 4.78 is 34.3. The zero-order valence-electron chi connectivity index (χ0n) is 14.7. The number of benzene rings is 1. The summed E-state index contributed by atoms with van der Waals surface area (Å²) in [5, 5.41) is 0. The maximum absolute atomic E-state index is 12.6. The molecule has 2 bridgehead atoms. The number of hydrogen-bond acceptors (Lipinski definition) is 4. The minimum Gasteiger partial charge on any atom is -0.466 e. The third-order valence-electron chi connectivity index (χ3n) is 5.71. The van der Waals surface area contributed by atoms with Gasteiger partial charge in [0.25, 0.3) is 0 Å². The second kappa shape index (κ2) is 7.28. The third kappa shape index (κ3) is 3.36. The lowest BCUT2D eigenvalue weighted by Gasteiger charge is -2.34. The molecule has 2 aliphatic rings. The Morgan fingerprint density at radius 2 is 2.00 bits per heavy atom. The number of alkyl halides is 2. The molecule has 3 atom stereocenters. The van der Waals surface area contributed by atoms with Crippen LogP contribution in [0.3, 0.4) is 0 Å². The van der Waals surface area contributed by atoms with Gasteiger partial charge in [0.1, 0.15) is 5.75 Å². The van der Waals surface area contributed by atoms with E-state index in [1.807, 2.05) is 19.1 Å². The third-order valence-corrected chi connectivity index (χ3v) is 5.71. The van der Waals surface area contributed by atoms with Gasteiger partial charge in [-0.05, 0) is 50.3 Å². The van der Waals surface area contributed by atoms with Gasteiger partial charge in [0, 0.05) is 18.6 Å². The number of hydrogen-bond donors (Lipinski definition) is 0. The van der Waals surface area contributed by atoms with Crippen molar-refractivity contribution < 1.29 is 23.0 Å². The summed E-state index contributed by atoms with van der Waals surface area (Å²) in [6.45, 7) is 2.21. The Balaban J connectivity index is 1.72. The van der Waals surface area contributed by atoms with Crippen molar-refractivity contribution in [3.05, 3.63) is 29.8 Å². The van der Waals surface area contributed by atoms with Gasteiger partial charge in [0.05, 0.1) is 12.0 Å². The van der Waals surface area contributed by atoms with Crippen LogP contribution in [0.5, 0.6) is 5.75 Å². The number of rotatable bonds is 7. The lowest BCUT2D eigenvalue weighted by molar-refractivity contribution is -0.157. The highest BCUT2D eigenvalue weighted by Crippen LogP contribution is 2.52. The molecule has 138 valence electrons. The first-order valence-electron chi connectivity index (χ1n) is 8.97. The van der Waals surface area contributed by atoms with E-state index in [-0.39, 0.29) is 17.8 Å². The van der Waals surface area contributed by atoms with Crippen molar-refractivity contribution in [1.82, 2.24) is 4.90 Å². The molecule has 2 fully saturated rings. The molecule has 0 saturated carbocycles. The van der Waals surface area contributed by atoms with Crippen molar-refractivity contribution in [2.45, 2.75) is 64.8 Å². The first kappa shape index (κ1) is 18.1. The maximum Gasteiger partial charge on any atom is 0.387 e. The fourth-order valence-electron chi connectivity index (χ4n) is 4.55. The SMILES string of the molecule is CCOC(=O)[C@]1(CC)C[C@@H]2CC[C@H]1N2Cc1ccc(OC(F)F)cc1. The lowest BCUT2D eigenvalue weighted by Crippen LogP contribution is -2.43. The van der Waals surface area contributed by atoms with Crippen LogP contribution in [0.25, 0.3) is 0 Å². The van der Waals surface area contributed by atoms with Crippen molar-refractivity contribution in [2.24, 2.45) is 5.41 Å². The van der Waals surface area contributed by atoms with E-state index in [2.05, 4.69) is 16.6 Å². The van der Waals surface area contributed by atoms with E-state index in [1.165, 1.54) is 0 Å². The molecule has 0 unspecified atom stereocenters. The van der Waals surface area contributed by atoms with Gasteiger partial charge in [0.2, 0.25) is 0 Å². The van der Waals surface area contributed by atoms with E-state index < -0.39 is 12.0 Å². The van der Waals surface area contributed by atoms with Gasteiger partial charge in [0.15, 0.2) is 0 Å². The van der Waals surface area contributed by atoms with Gasteiger partial charge in [-0.15, -0.1) is 0 Å². The summed E-state index contributed by atoms with van der Waals surface area (Å²) in [6, 6.07) is 7.33. The average molecular weight is 353 g/mol. The summed E-state index contributed by atoms with van der Waals surface area (Å²) in [7, 11) is 0. The van der Waals surface area contributed by atoms with E-state index >= 15 is 0 Å². The number of carbonyl (C=O) groups is 1. The van der Waals surface area contributed by atoms with Crippen molar-refractivity contribution in [1.29, 1.82) is 0 Å². The average Bonchev–Trinajstić information content (AvgIpc) is 3.11. The zero-order valence-corrected chi connectivity index (χ0v) is 14.7. The van der Waals surface area contributed by atoms with Crippen LogP contribution in [0, 0.1) is 5.41 Å². The highest BCUT2D eigenvalue weighted by Gasteiger charge is 2.59. The minimum absolute atomic E-state index is 0.0737.